The zero-order chi connectivity index (χ0) is 28.0. The Labute approximate surface area is 225 Å². The summed E-state index contributed by atoms with van der Waals surface area (Å²) >= 11 is 5.86. The van der Waals surface area contributed by atoms with Crippen molar-refractivity contribution in [2.45, 2.75) is 24.6 Å². The number of hydrogen-bond donors (Lipinski definition) is 3. The number of ether oxygens (including phenoxy) is 1. The number of hydrogen-bond acceptors (Lipinski definition) is 6. The number of carboxylic acids is 1. The molecule has 2 aromatic rings. The van der Waals surface area contributed by atoms with E-state index in [1.165, 1.54) is 12.3 Å². The van der Waals surface area contributed by atoms with Crippen LogP contribution in [0.4, 0.5) is 24.2 Å². The smallest absolute Gasteiger partial charge is 0.408 e. The molecule has 0 spiro atoms. The maximum Gasteiger partial charge on any atom is 0.408 e. The normalized spacial score (nSPS) is 24.4. The van der Waals surface area contributed by atoms with Crippen molar-refractivity contribution in [2.75, 3.05) is 31.1 Å². The zero-order valence-electron chi connectivity index (χ0n) is 20.2. The predicted octanol–water partition coefficient (Wildman–Crippen LogP) is 3.48. The molecule has 0 aliphatic carbocycles. The molecule has 0 radical (unpaired) electrons. The lowest BCUT2D eigenvalue weighted by Gasteiger charge is -2.49. The van der Waals surface area contributed by atoms with Crippen molar-refractivity contribution in [1.29, 1.82) is 0 Å². The summed E-state index contributed by atoms with van der Waals surface area (Å²) in [4.78, 5) is 44.1. The lowest BCUT2D eigenvalue weighted by atomic mass is 9.79. The van der Waals surface area contributed by atoms with Crippen molar-refractivity contribution in [1.82, 2.24) is 14.8 Å². The van der Waals surface area contributed by atoms with Gasteiger partial charge in [0.05, 0.1) is 18.6 Å². The molecule has 5 rings (SSSR count). The van der Waals surface area contributed by atoms with Crippen LogP contribution in [0.3, 0.4) is 0 Å². The van der Waals surface area contributed by atoms with Gasteiger partial charge >= 0.3 is 18.2 Å². The minimum absolute atomic E-state index is 0.120. The fourth-order valence-electron chi connectivity index (χ4n) is 5.44. The molecule has 1 unspecified atom stereocenters. The number of nitrogens with zero attached hydrogens (tertiary/aromatic N) is 4. The minimum atomic E-state index is -1.32. The first kappa shape index (κ1) is 26.5. The van der Waals surface area contributed by atoms with Gasteiger partial charge in [-0.2, -0.15) is 0 Å². The highest BCUT2D eigenvalue weighted by Gasteiger charge is 2.49. The van der Waals surface area contributed by atoms with Crippen LogP contribution in [0.25, 0.3) is 5.57 Å². The molecule has 4 heterocycles. The molecule has 3 N–H and O–H groups in total. The van der Waals surface area contributed by atoms with Crippen molar-refractivity contribution in [3.8, 4) is 5.75 Å². The maximum absolute atomic E-state index is 14.1. The van der Waals surface area contributed by atoms with Crippen molar-refractivity contribution in [3.05, 3.63) is 58.8 Å². The summed E-state index contributed by atoms with van der Waals surface area (Å²) in [5.41, 5.74) is 0.827. The molecule has 3 aliphatic rings. The second kappa shape index (κ2) is 10.2. The first-order valence-electron chi connectivity index (χ1n) is 12.0. The number of anilines is 1. The maximum atomic E-state index is 14.1. The quantitative estimate of drug-likeness (QED) is 0.465. The van der Waals surface area contributed by atoms with E-state index >= 15 is 0 Å². The monoisotopic (exact) mass is 564 g/mol. The highest BCUT2D eigenvalue weighted by molar-refractivity contribution is 6.32. The standard InChI is InChI=1S/C25H23ClF2N4O7/c26-21-16(27)2-3-17(28)22(21)39-14-5-6-30(10-14)19-4-1-12(8-29-19)15-7-13-9-31(24(35)36)11-18(20(15)23(33)34)32(13)25(37)38/h1-4,7-8,13-14,18,20H,5-6,9-11H2,(H,33,34)(H,35,36)(H,37,38)/t13-,14-,18-,20?/m1/s1. The van der Waals surface area contributed by atoms with Gasteiger partial charge in [0.2, 0.25) is 0 Å². The zero-order valence-corrected chi connectivity index (χ0v) is 21.0. The number of amides is 2. The molecule has 4 atom stereocenters. The molecule has 39 heavy (non-hydrogen) atoms. The summed E-state index contributed by atoms with van der Waals surface area (Å²) in [6.07, 6.45) is 0.405. The molecule has 2 saturated heterocycles. The number of aliphatic carboxylic acids is 1. The molecule has 1 aromatic heterocycles. The van der Waals surface area contributed by atoms with Gasteiger partial charge in [0.1, 0.15) is 28.7 Å². The number of fused-ring (bicyclic) bond motifs is 2. The molecule has 2 bridgehead atoms. The Balaban J connectivity index is 1.36. The number of rotatable bonds is 5. The number of aromatic nitrogens is 1. The summed E-state index contributed by atoms with van der Waals surface area (Å²) in [6.45, 7) is 0.435. The molecule has 2 fully saturated rings. The van der Waals surface area contributed by atoms with E-state index in [1.54, 1.807) is 12.1 Å². The highest BCUT2D eigenvalue weighted by atomic mass is 35.5. The van der Waals surface area contributed by atoms with E-state index in [1.807, 2.05) is 4.90 Å². The molecular weight excluding hydrogens is 542 g/mol. The average molecular weight is 565 g/mol. The summed E-state index contributed by atoms with van der Waals surface area (Å²) in [5, 5.41) is 28.7. The second-order valence-corrected chi connectivity index (χ2v) is 9.88. The van der Waals surface area contributed by atoms with Crippen LogP contribution in [0.15, 0.2) is 36.5 Å². The first-order valence-corrected chi connectivity index (χ1v) is 12.4. The predicted molar refractivity (Wildman–Crippen MR) is 133 cm³/mol. The van der Waals surface area contributed by atoms with E-state index in [0.29, 0.717) is 36.5 Å². The molecule has 2 amide bonds. The van der Waals surface area contributed by atoms with E-state index in [2.05, 4.69) is 4.98 Å². The minimum Gasteiger partial charge on any atom is -0.484 e. The summed E-state index contributed by atoms with van der Waals surface area (Å²) in [6, 6.07) is 3.24. The Hall–Kier alpha value is -4.13. The Morgan fingerprint density at radius 3 is 2.38 bits per heavy atom. The fourth-order valence-corrected chi connectivity index (χ4v) is 5.64. The van der Waals surface area contributed by atoms with Gasteiger partial charge in [0.15, 0.2) is 11.6 Å². The Bertz CT molecular complexity index is 1360. The molecule has 206 valence electrons. The third kappa shape index (κ3) is 4.89. The number of piperazine rings is 1. The van der Waals surface area contributed by atoms with Crippen molar-refractivity contribution in [3.63, 3.8) is 0 Å². The van der Waals surface area contributed by atoms with Gasteiger partial charge in [-0.3, -0.25) is 9.69 Å². The molecule has 1 aromatic carbocycles. The van der Waals surface area contributed by atoms with Crippen LogP contribution in [-0.2, 0) is 4.79 Å². The molecule has 0 saturated carbocycles. The molecule has 3 aliphatic heterocycles. The lowest BCUT2D eigenvalue weighted by molar-refractivity contribution is -0.142. The third-order valence-corrected chi connectivity index (χ3v) is 7.57. The van der Waals surface area contributed by atoms with Crippen molar-refractivity contribution < 1.29 is 43.2 Å². The van der Waals surface area contributed by atoms with Crippen molar-refractivity contribution in [2.24, 2.45) is 5.92 Å². The Morgan fingerprint density at radius 1 is 1.00 bits per heavy atom. The third-order valence-electron chi connectivity index (χ3n) is 7.22. The average Bonchev–Trinajstić information content (AvgIpc) is 3.36. The highest BCUT2D eigenvalue weighted by Crippen LogP contribution is 2.39. The topological polar surface area (TPSA) is 144 Å². The van der Waals surface area contributed by atoms with Gasteiger partial charge in [-0.05, 0) is 35.4 Å². The van der Waals surface area contributed by atoms with Crippen LogP contribution in [0.2, 0.25) is 5.02 Å². The Morgan fingerprint density at radius 2 is 1.74 bits per heavy atom. The van der Waals surface area contributed by atoms with Gasteiger partial charge < -0.3 is 29.9 Å². The van der Waals surface area contributed by atoms with Gasteiger partial charge in [-0.15, -0.1) is 0 Å². The van der Waals surface area contributed by atoms with Gasteiger partial charge in [0.25, 0.3) is 0 Å². The SMILES string of the molecule is O=C(O)C1C(c2ccc(N3CC[C@@H](Oc4c(F)ccc(F)c4Cl)C3)nc2)=C[C@@H]2CN(C(=O)O)C[C@H]1N2C(=O)O. The van der Waals surface area contributed by atoms with E-state index in [-0.39, 0.29) is 18.8 Å². The van der Waals surface area contributed by atoms with E-state index in [0.717, 1.165) is 21.9 Å². The lowest BCUT2D eigenvalue weighted by Crippen LogP contribution is -2.65. The van der Waals surface area contributed by atoms with E-state index in [9.17, 15) is 38.5 Å². The molecule has 14 heteroatoms. The van der Waals surface area contributed by atoms with Crippen LogP contribution in [0.5, 0.6) is 5.75 Å². The number of carbonyl (C=O) groups is 3. The van der Waals surface area contributed by atoms with E-state index < -0.39 is 58.9 Å². The van der Waals surface area contributed by atoms with Crippen LogP contribution in [0.1, 0.15) is 12.0 Å². The van der Waals surface area contributed by atoms with Crippen LogP contribution >= 0.6 is 11.6 Å². The Kier molecular flexibility index (Phi) is 6.93. The number of pyridine rings is 1. The van der Waals surface area contributed by atoms with Crippen LogP contribution in [-0.4, -0.2) is 92.6 Å². The molecular formula is C25H23ClF2N4O7. The van der Waals surface area contributed by atoms with Crippen LogP contribution < -0.4 is 9.64 Å². The van der Waals surface area contributed by atoms with Gasteiger partial charge in [-0.25, -0.2) is 23.4 Å². The van der Waals surface area contributed by atoms with E-state index in [4.69, 9.17) is 16.3 Å². The van der Waals surface area contributed by atoms with Crippen molar-refractivity contribution >= 4 is 41.1 Å². The van der Waals surface area contributed by atoms with Gasteiger partial charge in [-0.1, -0.05) is 17.7 Å². The number of carboxylic acid groups (broad SMARTS) is 3. The number of benzene rings is 1. The summed E-state index contributed by atoms with van der Waals surface area (Å²) in [5.74, 6) is -3.95. The fraction of sp³-hybridized carbons (Fsp3) is 0.360. The summed E-state index contributed by atoms with van der Waals surface area (Å²) < 4.78 is 33.5. The molecule has 11 nitrogen and oxygen atoms in total. The first-order chi connectivity index (χ1) is 18.5. The second-order valence-electron chi connectivity index (χ2n) is 9.50. The van der Waals surface area contributed by atoms with Gasteiger partial charge in [0, 0.05) is 32.3 Å². The van der Waals surface area contributed by atoms with Crippen LogP contribution in [0, 0.1) is 17.6 Å². The number of halogens is 3. The summed E-state index contributed by atoms with van der Waals surface area (Å²) in [7, 11) is 0. The largest absolute Gasteiger partial charge is 0.484 e.